The van der Waals surface area contributed by atoms with Crippen LogP contribution < -0.4 is 4.43 Å². The van der Waals surface area contributed by atoms with Gasteiger partial charge in [-0.1, -0.05) is 20.8 Å². The lowest BCUT2D eigenvalue weighted by Crippen LogP contribution is -2.43. The van der Waals surface area contributed by atoms with Crippen molar-refractivity contribution in [1.82, 2.24) is 4.98 Å². The maximum Gasteiger partial charge on any atom is 0.305 e. The number of carbonyl (C=O) groups excluding carboxylic acids is 1. The molecule has 1 aromatic carbocycles. The van der Waals surface area contributed by atoms with Gasteiger partial charge in [-0.3, -0.25) is 4.79 Å². The first kappa shape index (κ1) is 17.6. The van der Waals surface area contributed by atoms with E-state index in [1.807, 2.05) is 12.3 Å². The minimum atomic E-state index is -1.84. The SMILES string of the molecule is COC(=O)CCc1c[nH]c2cc(O[Si](C)(C)C(C)(C)C)ccc12. The van der Waals surface area contributed by atoms with Crippen molar-refractivity contribution in [1.29, 1.82) is 0 Å². The van der Waals surface area contributed by atoms with Crippen LogP contribution in [0.15, 0.2) is 24.4 Å². The third kappa shape index (κ3) is 3.96. The molecule has 4 nitrogen and oxygen atoms in total. The van der Waals surface area contributed by atoms with Crippen LogP contribution >= 0.6 is 0 Å². The molecule has 1 aromatic heterocycles. The second-order valence-electron chi connectivity index (χ2n) is 7.46. The molecule has 0 saturated carbocycles. The van der Waals surface area contributed by atoms with E-state index in [1.54, 1.807) is 0 Å². The number of esters is 1. The van der Waals surface area contributed by atoms with Crippen molar-refractivity contribution in [2.75, 3.05) is 7.11 Å². The Kier molecular flexibility index (Phi) is 4.89. The summed E-state index contributed by atoms with van der Waals surface area (Å²) in [4.78, 5) is 14.6. The van der Waals surface area contributed by atoms with E-state index in [-0.39, 0.29) is 11.0 Å². The van der Waals surface area contributed by atoms with E-state index >= 15 is 0 Å². The zero-order chi connectivity index (χ0) is 17.3. The number of aromatic amines is 1. The lowest BCUT2D eigenvalue weighted by atomic mass is 10.1. The van der Waals surface area contributed by atoms with E-state index in [0.29, 0.717) is 12.8 Å². The van der Waals surface area contributed by atoms with Crippen LogP contribution in [0.4, 0.5) is 0 Å². The van der Waals surface area contributed by atoms with Gasteiger partial charge in [-0.25, -0.2) is 0 Å². The molecule has 0 aliphatic rings. The van der Waals surface area contributed by atoms with E-state index < -0.39 is 8.32 Å². The number of ether oxygens (including phenoxy) is 1. The topological polar surface area (TPSA) is 51.3 Å². The first-order valence-electron chi connectivity index (χ1n) is 8.00. The highest BCUT2D eigenvalue weighted by Gasteiger charge is 2.38. The lowest BCUT2D eigenvalue weighted by molar-refractivity contribution is -0.140. The average molecular weight is 334 g/mol. The molecule has 1 heterocycles. The van der Waals surface area contributed by atoms with Crippen molar-refractivity contribution < 1.29 is 14.0 Å². The number of aromatic nitrogens is 1. The number of fused-ring (bicyclic) bond motifs is 1. The molecule has 2 aromatic rings. The zero-order valence-corrected chi connectivity index (χ0v) is 15.9. The van der Waals surface area contributed by atoms with E-state index in [1.165, 1.54) is 7.11 Å². The van der Waals surface area contributed by atoms with Crippen LogP contribution in [0.1, 0.15) is 32.8 Å². The quantitative estimate of drug-likeness (QED) is 0.639. The van der Waals surface area contributed by atoms with Gasteiger partial charge in [0.25, 0.3) is 0 Å². The third-order valence-electron chi connectivity index (χ3n) is 4.74. The lowest BCUT2D eigenvalue weighted by Gasteiger charge is -2.36. The van der Waals surface area contributed by atoms with Crippen LogP contribution in [0.25, 0.3) is 10.9 Å². The van der Waals surface area contributed by atoms with Crippen LogP contribution in [0.3, 0.4) is 0 Å². The molecule has 0 fully saturated rings. The minimum Gasteiger partial charge on any atom is -0.543 e. The number of H-pyrrole nitrogens is 1. The van der Waals surface area contributed by atoms with Crippen molar-refractivity contribution in [2.45, 2.75) is 51.7 Å². The smallest absolute Gasteiger partial charge is 0.305 e. The van der Waals surface area contributed by atoms with Gasteiger partial charge in [0.15, 0.2) is 0 Å². The van der Waals surface area contributed by atoms with Gasteiger partial charge < -0.3 is 14.1 Å². The third-order valence-corrected chi connectivity index (χ3v) is 9.10. The fraction of sp³-hybridized carbons (Fsp3) is 0.500. The molecule has 0 spiro atoms. The average Bonchev–Trinajstić information content (AvgIpc) is 2.85. The Morgan fingerprint density at radius 1 is 1.26 bits per heavy atom. The molecule has 0 aliphatic carbocycles. The predicted molar refractivity (Wildman–Crippen MR) is 96.5 cm³/mol. The molecular formula is C18H27NO3Si. The summed E-state index contributed by atoms with van der Waals surface area (Å²) in [6.45, 7) is 11.2. The number of carbonyl (C=O) groups is 1. The Hall–Kier alpha value is -1.75. The van der Waals surface area contributed by atoms with Crippen LogP contribution in [-0.4, -0.2) is 26.4 Å². The van der Waals surface area contributed by atoms with Crippen LogP contribution in [0.2, 0.25) is 18.1 Å². The van der Waals surface area contributed by atoms with Crippen molar-refractivity contribution in [3.05, 3.63) is 30.0 Å². The molecule has 0 atom stereocenters. The Morgan fingerprint density at radius 3 is 2.57 bits per heavy atom. The molecule has 0 aliphatic heterocycles. The number of benzene rings is 1. The van der Waals surface area contributed by atoms with E-state index in [2.05, 4.69) is 51.0 Å². The number of aryl methyl sites for hydroxylation is 1. The van der Waals surface area contributed by atoms with Gasteiger partial charge in [0.2, 0.25) is 8.32 Å². The molecule has 23 heavy (non-hydrogen) atoms. The molecule has 0 radical (unpaired) electrons. The molecule has 5 heteroatoms. The number of nitrogens with one attached hydrogen (secondary N) is 1. The molecule has 2 rings (SSSR count). The summed E-state index contributed by atoms with van der Waals surface area (Å²) in [5.74, 6) is 0.725. The standard InChI is InChI=1S/C18H27NO3Si/c1-18(2,3)23(5,6)22-14-8-9-15-13(7-10-17(20)21-4)12-19-16(15)11-14/h8-9,11-12,19H,7,10H2,1-6H3. The predicted octanol–water partition coefficient (Wildman–Crippen LogP) is 4.66. The highest BCUT2D eigenvalue weighted by molar-refractivity contribution is 6.74. The summed E-state index contributed by atoms with van der Waals surface area (Å²) < 4.78 is 11.0. The first-order valence-corrected chi connectivity index (χ1v) is 10.9. The summed E-state index contributed by atoms with van der Waals surface area (Å²) in [7, 11) is -0.418. The number of methoxy groups -OCH3 is 1. The molecule has 0 saturated heterocycles. The van der Waals surface area contributed by atoms with Gasteiger partial charge in [0.1, 0.15) is 5.75 Å². The molecule has 0 unspecified atom stereocenters. The Labute approximate surface area is 139 Å². The largest absolute Gasteiger partial charge is 0.543 e. The van der Waals surface area contributed by atoms with Crippen LogP contribution in [0, 0.1) is 0 Å². The normalized spacial score (nSPS) is 12.4. The van der Waals surface area contributed by atoms with Crippen molar-refractivity contribution in [2.24, 2.45) is 0 Å². The van der Waals surface area contributed by atoms with Gasteiger partial charge in [0.05, 0.1) is 7.11 Å². The van der Waals surface area contributed by atoms with Gasteiger partial charge in [-0.2, -0.15) is 0 Å². The Balaban J connectivity index is 2.20. The summed E-state index contributed by atoms with van der Waals surface area (Å²) in [6, 6.07) is 6.15. The van der Waals surface area contributed by atoms with E-state index in [4.69, 9.17) is 9.16 Å². The second kappa shape index (κ2) is 6.39. The highest BCUT2D eigenvalue weighted by atomic mass is 28.4. The maximum absolute atomic E-state index is 11.3. The van der Waals surface area contributed by atoms with E-state index in [0.717, 1.165) is 22.2 Å². The molecule has 0 bridgehead atoms. The number of hydrogen-bond acceptors (Lipinski definition) is 3. The zero-order valence-electron chi connectivity index (χ0n) is 14.9. The fourth-order valence-corrected chi connectivity index (χ4v) is 3.24. The van der Waals surface area contributed by atoms with Crippen LogP contribution in [-0.2, 0) is 16.0 Å². The van der Waals surface area contributed by atoms with E-state index in [9.17, 15) is 4.79 Å². The van der Waals surface area contributed by atoms with Crippen molar-refractivity contribution in [3.8, 4) is 5.75 Å². The molecule has 0 amide bonds. The molecule has 126 valence electrons. The summed E-state index contributed by atoms with van der Waals surface area (Å²) in [5.41, 5.74) is 2.17. The van der Waals surface area contributed by atoms with Gasteiger partial charge in [-0.05, 0) is 42.2 Å². The minimum absolute atomic E-state index is 0.170. The van der Waals surface area contributed by atoms with Crippen molar-refractivity contribution >= 4 is 25.2 Å². The maximum atomic E-state index is 11.3. The Morgan fingerprint density at radius 2 is 1.96 bits per heavy atom. The van der Waals surface area contributed by atoms with Gasteiger partial charge in [0, 0.05) is 29.6 Å². The van der Waals surface area contributed by atoms with Gasteiger partial charge in [-0.15, -0.1) is 0 Å². The first-order chi connectivity index (χ1) is 10.6. The molecule has 1 N–H and O–H groups in total. The summed E-state index contributed by atoms with van der Waals surface area (Å²) in [5, 5.41) is 1.31. The monoisotopic (exact) mass is 333 g/mol. The fourth-order valence-electron chi connectivity index (χ4n) is 2.22. The van der Waals surface area contributed by atoms with Gasteiger partial charge >= 0.3 is 5.97 Å². The second-order valence-corrected chi connectivity index (χ2v) is 12.2. The van der Waals surface area contributed by atoms with Crippen LogP contribution in [0.5, 0.6) is 5.75 Å². The Bertz CT molecular complexity index is 698. The summed E-state index contributed by atoms with van der Waals surface area (Å²) in [6.07, 6.45) is 3.03. The highest BCUT2D eigenvalue weighted by Crippen LogP contribution is 2.38. The number of rotatable bonds is 5. The van der Waals surface area contributed by atoms with Crippen molar-refractivity contribution in [3.63, 3.8) is 0 Å². The molecular weight excluding hydrogens is 306 g/mol. The summed E-state index contributed by atoms with van der Waals surface area (Å²) >= 11 is 0. The number of hydrogen-bond donors (Lipinski definition) is 1.